The molecule has 5 nitrogen and oxygen atoms in total. The highest BCUT2D eigenvalue weighted by atomic mass is 35.5. The van der Waals surface area contributed by atoms with Gasteiger partial charge in [0.1, 0.15) is 12.0 Å². The average Bonchev–Trinajstić information content (AvgIpc) is 2.98. The highest BCUT2D eigenvalue weighted by molar-refractivity contribution is 6.30. The zero-order chi connectivity index (χ0) is 15.1. The fourth-order valence-corrected chi connectivity index (χ4v) is 2.62. The first-order valence-electron chi connectivity index (χ1n) is 6.88. The number of hydrogen-bond donors (Lipinski definition) is 1. The highest BCUT2D eigenvalue weighted by Gasteiger charge is 2.27. The molecule has 2 heterocycles. The van der Waals surface area contributed by atoms with Gasteiger partial charge in [-0.05, 0) is 31.2 Å². The fraction of sp³-hybridized carbons (Fsp3) is 0.0625. The Balaban J connectivity index is 1.88. The molecule has 0 atom stereocenters. The van der Waals surface area contributed by atoms with Crippen LogP contribution >= 0.6 is 11.6 Å². The van der Waals surface area contributed by atoms with Crippen LogP contribution in [0.1, 0.15) is 11.1 Å². The molecular weight excluding hydrogens is 298 g/mol. The second-order valence-corrected chi connectivity index (χ2v) is 5.62. The normalized spacial score (nSPS) is 14.4. The summed E-state index contributed by atoms with van der Waals surface area (Å²) in [4.78, 5) is 0. The van der Waals surface area contributed by atoms with Gasteiger partial charge < -0.3 is 0 Å². The quantitative estimate of drug-likeness (QED) is 0.701. The number of rotatable bonds is 1. The molecule has 0 amide bonds. The first kappa shape index (κ1) is 13.0. The Morgan fingerprint density at radius 1 is 1.18 bits per heavy atom. The van der Waals surface area contributed by atoms with Gasteiger partial charge in [-0.25, -0.2) is 0 Å². The van der Waals surface area contributed by atoms with Crippen molar-refractivity contribution in [3.63, 3.8) is 0 Å². The third-order valence-corrected chi connectivity index (χ3v) is 3.82. The van der Waals surface area contributed by atoms with Gasteiger partial charge in [-0.1, -0.05) is 34.0 Å². The van der Waals surface area contributed by atoms with Crippen molar-refractivity contribution in [2.75, 3.05) is 5.43 Å². The van der Waals surface area contributed by atoms with Crippen molar-refractivity contribution in [3.8, 4) is 5.69 Å². The van der Waals surface area contributed by atoms with Crippen LogP contribution in [0.5, 0.6) is 0 Å². The average molecular weight is 311 g/mol. The Bertz CT molecular complexity index is 880. The largest absolute Gasteiger partial charge is 0.284 e. The second kappa shape index (κ2) is 4.96. The summed E-state index contributed by atoms with van der Waals surface area (Å²) in [6.45, 7) is 2.07. The first-order chi connectivity index (χ1) is 10.7. The Morgan fingerprint density at radius 3 is 2.82 bits per heavy atom. The minimum absolute atomic E-state index is 0.665. The number of hydrazone groups is 1. The fourth-order valence-electron chi connectivity index (χ4n) is 2.45. The van der Waals surface area contributed by atoms with Gasteiger partial charge in [0.05, 0.1) is 0 Å². The van der Waals surface area contributed by atoms with E-state index < -0.39 is 0 Å². The van der Waals surface area contributed by atoms with Gasteiger partial charge in [0.15, 0.2) is 0 Å². The van der Waals surface area contributed by atoms with Crippen LogP contribution in [0.2, 0.25) is 5.02 Å². The number of hydrogen-bond acceptors (Lipinski definition) is 3. The van der Waals surface area contributed by atoms with Crippen LogP contribution in [0, 0.1) is 6.92 Å². The molecule has 1 aromatic heterocycles. The second-order valence-electron chi connectivity index (χ2n) is 5.18. The lowest BCUT2D eigenvalue weighted by Gasteiger charge is -2.15. The third kappa shape index (κ3) is 2.16. The van der Waals surface area contributed by atoms with E-state index in [2.05, 4.69) is 46.8 Å². The summed E-state index contributed by atoms with van der Waals surface area (Å²) < 4.78 is 3.81. The van der Waals surface area contributed by atoms with Crippen molar-refractivity contribution in [2.24, 2.45) is 0 Å². The number of halogens is 1. The Morgan fingerprint density at radius 2 is 2.00 bits per heavy atom. The van der Waals surface area contributed by atoms with Crippen molar-refractivity contribution in [3.05, 3.63) is 64.9 Å². The third-order valence-electron chi connectivity index (χ3n) is 3.58. The van der Waals surface area contributed by atoms with E-state index >= 15 is 0 Å². The van der Waals surface area contributed by atoms with Gasteiger partial charge in [-0.2, -0.15) is 0 Å². The number of hydrazine groups is 1. The molecule has 4 rings (SSSR count). The van der Waals surface area contributed by atoms with Crippen molar-refractivity contribution < 1.29 is 4.68 Å². The lowest BCUT2D eigenvalue weighted by atomic mass is 10.2. The number of anilines is 1. The number of aryl methyl sites for hydroxylation is 1. The lowest BCUT2D eigenvalue weighted by Crippen LogP contribution is -2.24. The molecule has 0 radical (unpaired) electrons. The maximum Gasteiger partial charge on any atom is 0.284 e. The number of nitrogens with one attached hydrogen (secondary N) is 1. The van der Waals surface area contributed by atoms with Crippen LogP contribution in [-0.2, 0) is 0 Å². The molecule has 6 heteroatoms. The van der Waals surface area contributed by atoms with Gasteiger partial charge in [0.2, 0.25) is 6.21 Å². The smallest absolute Gasteiger partial charge is 0.257 e. The van der Waals surface area contributed by atoms with Crippen LogP contribution in [0.3, 0.4) is 0 Å². The van der Waals surface area contributed by atoms with E-state index in [0.29, 0.717) is 11.0 Å². The van der Waals surface area contributed by atoms with Crippen LogP contribution < -0.4 is 5.43 Å². The van der Waals surface area contributed by atoms with Gasteiger partial charge in [0, 0.05) is 16.7 Å². The minimum Gasteiger partial charge on any atom is -0.257 e. The summed E-state index contributed by atoms with van der Waals surface area (Å²) in [5.74, 6) is 0.665. The number of benzene rings is 2. The predicted octanol–water partition coefficient (Wildman–Crippen LogP) is 3.33. The van der Waals surface area contributed by atoms with Crippen molar-refractivity contribution in [2.45, 2.75) is 6.92 Å². The zero-order valence-electron chi connectivity index (χ0n) is 11.9. The van der Waals surface area contributed by atoms with Crippen molar-refractivity contribution in [1.29, 1.82) is 0 Å². The molecule has 0 spiro atoms. The molecule has 2 aromatic carbocycles. The number of aromatic nitrogens is 3. The molecule has 0 saturated heterocycles. The van der Waals surface area contributed by atoms with Gasteiger partial charge in [-0.15, -0.1) is 15.6 Å². The maximum atomic E-state index is 6.16. The van der Waals surface area contributed by atoms with E-state index in [1.807, 2.05) is 33.7 Å². The summed E-state index contributed by atoms with van der Waals surface area (Å²) in [6, 6.07) is 14.0. The van der Waals surface area contributed by atoms with Gasteiger partial charge in [-0.3, -0.25) is 4.57 Å². The Kier molecular flexibility index (Phi) is 2.94. The van der Waals surface area contributed by atoms with E-state index in [1.54, 1.807) is 6.33 Å². The van der Waals surface area contributed by atoms with Crippen molar-refractivity contribution >= 4 is 29.5 Å². The molecule has 3 aromatic rings. The molecule has 1 aliphatic rings. The van der Waals surface area contributed by atoms with Crippen LogP contribution in [0.25, 0.3) is 5.69 Å². The maximum absolute atomic E-state index is 6.16. The molecule has 108 valence electrons. The lowest BCUT2D eigenvalue weighted by molar-refractivity contribution is -0.401. The monoisotopic (exact) mass is 310 g/mol. The number of fused-ring (bicyclic) bond motifs is 3. The standard InChI is InChI=1S/C16H13ClN5/c1-11-2-4-12(5-3-11)9-22-15-8-13(17)6-7-14(15)21-10-18-19-16(21)20-22/h2-10H,1H3,(H,19,20)/q+1/b22-9-. The minimum atomic E-state index is 0.665. The van der Waals surface area contributed by atoms with Crippen LogP contribution in [0.4, 0.5) is 11.6 Å². The molecule has 0 fully saturated rings. The summed E-state index contributed by atoms with van der Waals surface area (Å²) in [5, 5.41) is 8.73. The van der Waals surface area contributed by atoms with Crippen LogP contribution in [-0.4, -0.2) is 25.7 Å². The first-order valence-corrected chi connectivity index (χ1v) is 7.26. The topological polar surface area (TPSA) is 45.8 Å². The molecule has 1 aliphatic heterocycles. The highest BCUT2D eigenvalue weighted by Crippen LogP contribution is 2.32. The molecule has 22 heavy (non-hydrogen) atoms. The zero-order valence-corrected chi connectivity index (χ0v) is 12.6. The van der Waals surface area contributed by atoms with E-state index in [4.69, 9.17) is 11.6 Å². The van der Waals surface area contributed by atoms with Gasteiger partial charge in [0.25, 0.3) is 11.6 Å². The van der Waals surface area contributed by atoms with E-state index in [1.165, 1.54) is 5.56 Å². The molecular formula is C16H13ClN5+. The SMILES string of the molecule is Cc1ccc(/C=[N+]2\Nc3nncn3-c3ccc(Cl)cc32)cc1. The molecule has 0 saturated carbocycles. The summed E-state index contributed by atoms with van der Waals surface area (Å²) in [6.07, 6.45) is 3.69. The van der Waals surface area contributed by atoms with E-state index in [9.17, 15) is 0 Å². The van der Waals surface area contributed by atoms with Crippen LogP contribution in [0.15, 0.2) is 48.8 Å². The Labute approximate surface area is 132 Å². The molecule has 1 N–H and O–H groups in total. The summed E-state index contributed by atoms with van der Waals surface area (Å²) >= 11 is 6.16. The number of nitrogens with zero attached hydrogens (tertiary/aromatic N) is 4. The summed E-state index contributed by atoms with van der Waals surface area (Å²) in [5.41, 5.74) is 7.46. The molecule has 0 unspecified atom stereocenters. The van der Waals surface area contributed by atoms with Crippen molar-refractivity contribution in [1.82, 2.24) is 14.8 Å². The molecule has 0 bridgehead atoms. The van der Waals surface area contributed by atoms with E-state index in [-0.39, 0.29) is 0 Å². The summed E-state index contributed by atoms with van der Waals surface area (Å²) in [7, 11) is 0. The predicted molar refractivity (Wildman–Crippen MR) is 86.3 cm³/mol. The molecule has 0 aliphatic carbocycles. The van der Waals surface area contributed by atoms with E-state index in [0.717, 1.165) is 16.9 Å². The Hall–Kier alpha value is -2.66. The van der Waals surface area contributed by atoms with Gasteiger partial charge >= 0.3 is 0 Å².